The van der Waals surface area contributed by atoms with E-state index >= 15 is 0 Å². The molecule has 2 fully saturated rings. The Morgan fingerprint density at radius 3 is 2.90 bits per heavy atom. The van der Waals surface area contributed by atoms with Gasteiger partial charge in [0, 0.05) is 48.2 Å². The van der Waals surface area contributed by atoms with E-state index in [9.17, 15) is 10.1 Å². The first kappa shape index (κ1) is 27.4. The normalized spacial score (nSPS) is 20.5. The van der Waals surface area contributed by atoms with Crippen molar-refractivity contribution in [1.29, 1.82) is 5.26 Å². The molecule has 1 aromatic carbocycles. The summed E-state index contributed by atoms with van der Waals surface area (Å²) < 4.78 is 13.0. The lowest BCUT2D eigenvalue weighted by molar-refractivity contribution is -0.128. The number of carbonyl (C=O) groups is 1. The first-order valence-electron chi connectivity index (χ1n) is 13.3. The second kappa shape index (κ2) is 11.9. The summed E-state index contributed by atoms with van der Waals surface area (Å²) in [5.74, 6) is 0.617. The fourth-order valence-electron chi connectivity index (χ4n) is 5.39. The molecular formula is C28H34BrN7O3. The van der Waals surface area contributed by atoms with Crippen molar-refractivity contribution in [3.63, 3.8) is 0 Å². The van der Waals surface area contributed by atoms with Crippen molar-refractivity contribution in [2.24, 2.45) is 0 Å². The van der Waals surface area contributed by atoms with Crippen LogP contribution in [-0.4, -0.2) is 103 Å². The largest absolute Gasteiger partial charge is 0.463 e. The summed E-state index contributed by atoms with van der Waals surface area (Å²) in [5, 5.41) is 11.3. The number of hydrogen-bond donors (Lipinski definition) is 0. The van der Waals surface area contributed by atoms with E-state index in [4.69, 9.17) is 19.1 Å². The van der Waals surface area contributed by atoms with Gasteiger partial charge in [-0.05, 0) is 68.6 Å². The zero-order chi connectivity index (χ0) is 27.5. The van der Waals surface area contributed by atoms with E-state index in [1.54, 1.807) is 17.2 Å². The van der Waals surface area contributed by atoms with Crippen LogP contribution in [0.2, 0.25) is 0 Å². The number of aromatic nitrogens is 2. The smallest absolute Gasteiger partial charge is 0.319 e. The van der Waals surface area contributed by atoms with E-state index in [0.29, 0.717) is 61.8 Å². The summed E-state index contributed by atoms with van der Waals surface area (Å²) in [6.07, 6.45) is 7.60. The molecular weight excluding hydrogens is 562 g/mol. The van der Waals surface area contributed by atoms with Gasteiger partial charge in [-0.3, -0.25) is 4.79 Å². The Bertz CT molecular complexity index is 1420. The Morgan fingerprint density at radius 1 is 1.31 bits per heavy atom. The first-order chi connectivity index (χ1) is 18.9. The number of nitrogens with zero attached hydrogens (tertiary/aromatic N) is 7. The quantitative estimate of drug-likeness (QED) is 0.361. The molecule has 0 unspecified atom stereocenters. The summed E-state index contributed by atoms with van der Waals surface area (Å²) >= 11 is 3.66. The molecule has 5 rings (SSSR count). The van der Waals surface area contributed by atoms with Gasteiger partial charge in [-0.25, -0.2) is 0 Å². The van der Waals surface area contributed by atoms with Gasteiger partial charge in [0.05, 0.1) is 35.7 Å². The molecule has 2 atom stereocenters. The zero-order valence-electron chi connectivity index (χ0n) is 22.6. The molecule has 4 heterocycles. The van der Waals surface area contributed by atoms with Crippen LogP contribution in [0.4, 0.5) is 5.82 Å². The summed E-state index contributed by atoms with van der Waals surface area (Å²) in [6.45, 7) is 3.76. The van der Waals surface area contributed by atoms with Crippen LogP contribution in [0.1, 0.15) is 19.3 Å². The van der Waals surface area contributed by atoms with Crippen LogP contribution in [0.25, 0.3) is 21.9 Å². The number of halogens is 1. The molecule has 0 radical (unpaired) electrons. The van der Waals surface area contributed by atoms with Gasteiger partial charge in [0.15, 0.2) is 0 Å². The van der Waals surface area contributed by atoms with Crippen LogP contribution >= 0.6 is 15.9 Å². The minimum absolute atomic E-state index is 0.0774. The second-order valence-corrected chi connectivity index (χ2v) is 11.3. The van der Waals surface area contributed by atoms with Gasteiger partial charge in [0.2, 0.25) is 5.91 Å². The third-order valence-corrected chi connectivity index (χ3v) is 8.17. The number of hydrogen-bond acceptors (Lipinski definition) is 9. The number of ether oxygens (including phenoxy) is 1. The van der Waals surface area contributed by atoms with Gasteiger partial charge in [-0.15, -0.1) is 0 Å². The van der Waals surface area contributed by atoms with E-state index in [1.165, 1.54) is 0 Å². The number of amides is 1. The monoisotopic (exact) mass is 595 g/mol. The number of nitriles is 1. The van der Waals surface area contributed by atoms with E-state index in [0.717, 1.165) is 34.6 Å². The van der Waals surface area contributed by atoms with Crippen LogP contribution in [0.15, 0.2) is 39.4 Å². The third-order valence-electron chi connectivity index (χ3n) is 7.51. The van der Waals surface area contributed by atoms with Crippen molar-refractivity contribution in [1.82, 2.24) is 24.7 Å². The molecule has 0 bridgehead atoms. The van der Waals surface area contributed by atoms with Gasteiger partial charge in [0.1, 0.15) is 18.0 Å². The number of furan rings is 1. The molecule has 206 valence electrons. The summed E-state index contributed by atoms with van der Waals surface area (Å²) in [4.78, 5) is 30.9. The topological polar surface area (TPSA) is 102 Å². The van der Waals surface area contributed by atoms with Crippen molar-refractivity contribution < 1.29 is 13.9 Å². The zero-order valence-corrected chi connectivity index (χ0v) is 24.2. The maximum absolute atomic E-state index is 13.0. The molecule has 39 heavy (non-hydrogen) atoms. The molecule has 0 saturated carbocycles. The van der Waals surface area contributed by atoms with Gasteiger partial charge in [-0.2, -0.15) is 15.2 Å². The number of fused-ring (bicyclic) bond motifs is 3. The van der Waals surface area contributed by atoms with Gasteiger partial charge >= 0.3 is 6.01 Å². The van der Waals surface area contributed by atoms with Crippen LogP contribution in [0.5, 0.6) is 6.01 Å². The van der Waals surface area contributed by atoms with Crippen LogP contribution in [0, 0.1) is 11.3 Å². The SMILES string of the molecule is CN(C)C/C=C/C(=O)N1CCN(c2nc(OC[C@@H]3CCCN3C)nc3cc(Br)c4ccoc4c23)C[C@@H]1CC#N. The van der Waals surface area contributed by atoms with Gasteiger partial charge < -0.3 is 28.8 Å². The number of likely N-dealkylation sites (N-methyl/N-ethyl adjacent to an activating group) is 2. The molecule has 11 heteroatoms. The van der Waals surface area contributed by atoms with Gasteiger partial charge in [-0.1, -0.05) is 6.08 Å². The minimum atomic E-state index is -0.274. The van der Waals surface area contributed by atoms with Crippen LogP contribution in [-0.2, 0) is 4.79 Å². The Hall–Kier alpha value is -3.20. The van der Waals surface area contributed by atoms with Crippen LogP contribution in [0.3, 0.4) is 0 Å². The first-order valence-corrected chi connectivity index (χ1v) is 14.1. The molecule has 0 N–H and O–H groups in total. The van der Waals surface area contributed by atoms with Crippen molar-refractivity contribution in [3.05, 3.63) is 35.0 Å². The number of carbonyl (C=O) groups excluding carboxylic acids is 1. The second-order valence-electron chi connectivity index (χ2n) is 10.5. The molecule has 0 spiro atoms. The average Bonchev–Trinajstić information content (AvgIpc) is 3.56. The standard InChI is InChI=1S/C28H34BrN7O3/c1-33(2)11-5-7-24(37)36-14-13-35(17-19(36)8-10-30)27-25-23(16-22(29)21-9-15-38-26(21)25)31-28(32-27)39-18-20-6-4-12-34(20)3/h5,7,9,15-16,19-20H,4,6,8,11-14,17-18H2,1-3H3/b7-5+/t19-,20-/m0/s1. The lowest BCUT2D eigenvalue weighted by Crippen LogP contribution is -2.55. The molecule has 2 aromatic heterocycles. The van der Waals surface area contributed by atoms with E-state index in [2.05, 4.69) is 38.8 Å². The predicted molar refractivity (Wildman–Crippen MR) is 154 cm³/mol. The highest BCUT2D eigenvalue weighted by atomic mass is 79.9. The average molecular weight is 597 g/mol. The number of likely N-dealkylation sites (tertiary alicyclic amines) is 1. The fourth-order valence-corrected chi connectivity index (χ4v) is 5.92. The molecule has 2 aliphatic rings. The van der Waals surface area contributed by atoms with Crippen LogP contribution < -0.4 is 9.64 Å². The lowest BCUT2D eigenvalue weighted by Gasteiger charge is -2.41. The minimum Gasteiger partial charge on any atom is -0.463 e. The number of anilines is 1. The molecule has 0 aliphatic carbocycles. The van der Waals surface area contributed by atoms with Crippen molar-refractivity contribution in [2.45, 2.75) is 31.3 Å². The maximum Gasteiger partial charge on any atom is 0.319 e. The highest BCUT2D eigenvalue weighted by Gasteiger charge is 2.32. The number of benzene rings is 1. The Kier molecular flexibility index (Phi) is 8.35. The Morgan fingerprint density at radius 2 is 2.15 bits per heavy atom. The Labute approximate surface area is 236 Å². The maximum atomic E-state index is 13.0. The highest BCUT2D eigenvalue weighted by molar-refractivity contribution is 9.10. The fraction of sp³-hybridized carbons (Fsp3) is 0.500. The molecule has 2 saturated heterocycles. The number of rotatable bonds is 8. The van der Waals surface area contributed by atoms with Crippen molar-refractivity contribution in [2.75, 3.05) is 65.4 Å². The Balaban J connectivity index is 1.48. The summed E-state index contributed by atoms with van der Waals surface area (Å²) in [5.41, 5.74) is 1.41. The molecule has 3 aromatic rings. The third kappa shape index (κ3) is 5.88. The van der Waals surface area contributed by atoms with E-state index in [-0.39, 0.29) is 18.4 Å². The highest BCUT2D eigenvalue weighted by Crippen LogP contribution is 2.38. The lowest BCUT2D eigenvalue weighted by atomic mass is 10.1. The predicted octanol–water partition coefficient (Wildman–Crippen LogP) is 3.66. The van der Waals surface area contributed by atoms with Crippen molar-refractivity contribution in [3.8, 4) is 12.1 Å². The summed E-state index contributed by atoms with van der Waals surface area (Å²) in [6, 6.07) is 6.53. The molecule has 2 aliphatic heterocycles. The van der Waals surface area contributed by atoms with Gasteiger partial charge in [0.25, 0.3) is 0 Å². The number of piperazine rings is 1. The van der Waals surface area contributed by atoms with E-state index < -0.39 is 0 Å². The van der Waals surface area contributed by atoms with E-state index in [1.807, 2.05) is 37.2 Å². The molecule has 1 amide bonds. The molecule has 10 nitrogen and oxygen atoms in total. The summed E-state index contributed by atoms with van der Waals surface area (Å²) in [7, 11) is 6.03. The van der Waals surface area contributed by atoms with Crippen molar-refractivity contribution >= 4 is 49.5 Å².